The van der Waals surface area contributed by atoms with Crippen LogP contribution in [0.5, 0.6) is 0 Å². The standard InChI is InChI=1S/C11H21N3O2/c15-11-13-4-5-14(11)6-8-16-7-2-10-1-3-12-9-10/h10,12H,1-9H2,(H,13,15). The van der Waals surface area contributed by atoms with Crippen LogP contribution in [0.4, 0.5) is 4.79 Å². The van der Waals surface area contributed by atoms with Crippen LogP contribution in [-0.4, -0.2) is 56.9 Å². The third-order valence-electron chi connectivity index (χ3n) is 3.28. The molecule has 5 heteroatoms. The van der Waals surface area contributed by atoms with Gasteiger partial charge in [-0.2, -0.15) is 0 Å². The summed E-state index contributed by atoms with van der Waals surface area (Å²) in [6.45, 7) is 6.07. The first-order valence-corrected chi connectivity index (χ1v) is 6.17. The van der Waals surface area contributed by atoms with Gasteiger partial charge in [-0.3, -0.25) is 0 Å². The number of nitrogens with one attached hydrogen (secondary N) is 2. The van der Waals surface area contributed by atoms with E-state index in [-0.39, 0.29) is 6.03 Å². The SMILES string of the molecule is O=C1NCCN1CCOCCC1CCNC1. The van der Waals surface area contributed by atoms with Crippen molar-refractivity contribution in [3.63, 3.8) is 0 Å². The lowest BCUT2D eigenvalue weighted by Gasteiger charge is -2.14. The molecule has 0 aromatic heterocycles. The Hall–Kier alpha value is -0.810. The van der Waals surface area contributed by atoms with Crippen molar-refractivity contribution in [2.24, 2.45) is 5.92 Å². The number of nitrogens with zero attached hydrogens (tertiary/aromatic N) is 1. The van der Waals surface area contributed by atoms with Crippen molar-refractivity contribution in [3.05, 3.63) is 0 Å². The Morgan fingerprint density at radius 3 is 3.00 bits per heavy atom. The van der Waals surface area contributed by atoms with E-state index in [1.165, 1.54) is 6.42 Å². The zero-order valence-electron chi connectivity index (χ0n) is 9.71. The van der Waals surface area contributed by atoms with E-state index in [2.05, 4.69) is 10.6 Å². The summed E-state index contributed by atoms with van der Waals surface area (Å²) in [5, 5.41) is 6.13. The average molecular weight is 227 g/mol. The molecular weight excluding hydrogens is 206 g/mol. The van der Waals surface area contributed by atoms with Crippen LogP contribution >= 0.6 is 0 Å². The van der Waals surface area contributed by atoms with Gasteiger partial charge >= 0.3 is 6.03 Å². The molecule has 0 saturated carbocycles. The van der Waals surface area contributed by atoms with Crippen LogP contribution in [0.3, 0.4) is 0 Å². The highest BCUT2D eigenvalue weighted by atomic mass is 16.5. The maximum Gasteiger partial charge on any atom is 0.317 e. The van der Waals surface area contributed by atoms with Crippen molar-refractivity contribution in [1.82, 2.24) is 15.5 Å². The fourth-order valence-electron chi connectivity index (χ4n) is 2.21. The summed E-state index contributed by atoms with van der Waals surface area (Å²) in [5.41, 5.74) is 0. The number of rotatable bonds is 6. The zero-order chi connectivity index (χ0) is 11.2. The molecular formula is C11H21N3O2. The molecule has 0 spiro atoms. The molecule has 2 saturated heterocycles. The van der Waals surface area contributed by atoms with Gasteiger partial charge in [-0.05, 0) is 31.8 Å². The van der Waals surface area contributed by atoms with Crippen LogP contribution in [0.15, 0.2) is 0 Å². The lowest BCUT2D eigenvalue weighted by atomic mass is 10.1. The summed E-state index contributed by atoms with van der Waals surface area (Å²) in [6.07, 6.45) is 2.41. The third-order valence-corrected chi connectivity index (χ3v) is 3.28. The van der Waals surface area contributed by atoms with Crippen LogP contribution in [0.25, 0.3) is 0 Å². The van der Waals surface area contributed by atoms with E-state index >= 15 is 0 Å². The largest absolute Gasteiger partial charge is 0.380 e. The van der Waals surface area contributed by atoms with Gasteiger partial charge in [-0.25, -0.2) is 4.79 Å². The molecule has 2 N–H and O–H groups in total. The summed E-state index contributed by atoms with van der Waals surface area (Å²) in [4.78, 5) is 13.0. The molecule has 1 unspecified atom stereocenters. The second kappa shape index (κ2) is 6.06. The second-order valence-electron chi connectivity index (χ2n) is 4.48. The summed E-state index contributed by atoms with van der Waals surface area (Å²) in [7, 11) is 0. The Balaban J connectivity index is 1.47. The lowest BCUT2D eigenvalue weighted by Crippen LogP contribution is -2.31. The van der Waals surface area contributed by atoms with Gasteiger partial charge in [0.1, 0.15) is 0 Å². The van der Waals surface area contributed by atoms with Crippen LogP contribution in [-0.2, 0) is 4.74 Å². The summed E-state index contributed by atoms with van der Waals surface area (Å²) in [5.74, 6) is 0.787. The first kappa shape index (κ1) is 11.7. The fourth-order valence-corrected chi connectivity index (χ4v) is 2.21. The molecule has 2 aliphatic heterocycles. The van der Waals surface area contributed by atoms with Crippen molar-refractivity contribution >= 4 is 6.03 Å². The number of ether oxygens (including phenoxy) is 1. The summed E-state index contributed by atoms with van der Waals surface area (Å²) in [6, 6.07) is 0.0450. The maximum atomic E-state index is 11.2. The third kappa shape index (κ3) is 3.35. The lowest BCUT2D eigenvalue weighted by molar-refractivity contribution is 0.106. The van der Waals surface area contributed by atoms with Gasteiger partial charge in [-0.1, -0.05) is 0 Å². The molecule has 2 aliphatic rings. The highest BCUT2D eigenvalue weighted by Crippen LogP contribution is 2.11. The summed E-state index contributed by atoms with van der Waals surface area (Å²) < 4.78 is 5.56. The van der Waals surface area contributed by atoms with Crippen LogP contribution < -0.4 is 10.6 Å². The van der Waals surface area contributed by atoms with E-state index in [1.807, 2.05) is 0 Å². The van der Waals surface area contributed by atoms with Gasteiger partial charge < -0.3 is 20.3 Å². The molecule has 92 valence electrons. The van der Waals surface area contributed by atoms with Crippen molar-refractivity contribution in [1.29, 1.82) is 0 Å². The van der Waals surface area contributed by atoms with E-state index in [0.717, 1.165) is 51.7 Å². The number of hydrogen-bond acceptors (Lipinski definition) is 3. The Kier molecular flexibility index (Phi) is 4.42. The van der Waals surface area contributed by atoms with Gasteiger partial charge in [0.25, 0.3) is 0 Å². The monoisotopic (exact) mass is 227 g/mol. The predicted octanol–water partition coefficient (Wildman–Crippen LogP) is 0.0278. The molecule has 2 amide bonds. The smallest absolute Gasteiger partial charge is 0.317 e. The molecule has 0 radical (unpaired) electrons. The normalized spacial score (nSPS) is 25.1. The molecule has 5 nitrogen and oxygen atoms in total. The van der Waals surface area contributed by atoms with E-state index < -0.39 is 0 Å². The first-order chi connectivity index (χ1) is 7.86. The molecule has 16 heavy (non-hydrogen) atoms. The molecule has 0 aliphatic carbocycles. The highest BCUT2D eigenvalue weighted by Gasteiger charge is 2.18. The Bertz CT molecular complexity index is 229. The second-order valence-corrected chi connectivity index (χ2v) is 4.48. The van der Waals surface area contributed by atoms with Gasteiger partial charge in [0.2, 0.25) is 0 Å². The van der Waals surface area contributed by atoms with Crippen LogP contribution in [0, 0.1) is 5.92 Å². The minimum absolute atomic E-state index is 0.0450. The molecule has 2 rings (SSSR count). The molecule has 0 bridgehead atoms. The van der Waals surface area contributed by atoms with Gasteiger partial charge in [-0.15, -0.1) is 0 Å². The molecule has 0 aromatic carbocycles. The average Bonchev–Trinajstić information content (AvgIpc) is 2.90. The van der Waals surface area contributed by atoms with E-state index in [1.54, 1.807) is 4.90 Å². The highest BCUT2D eigenvalue weighted by molar-refractivity contribution is 5.76. The van der Waals surface area contributed by atoms with Crippen molar-refractivity contribution in [2.45, 2.75) is 12.8 Å². The van der Waals surface area contributed by atoms with Crippen molar-refractivity contribution in [2.75, 3.05) is 45.9 Å². The number of carbonyl (C=O) groups excluding carboxylic acids is 1. The number of urea groups is 1. The minimum atomic E-state index is 0.0450. The molecule has 2 heterocycles. The topological polar surface area (TPSA) is 53.6 Å². The van der Waals surface area contributed by atoms with Gasteiger partial charge in [0, 0.05) is 26.2 Å². The first-order valence-electron chi connectivity index (χ1n) is 6.17. The van der Waals surface area contributed by atoms with E-state index in [9.17, 15) is 4.79 Å². The van der Waals surface area contributed by atoms with Crippen molar-refractivity contribution < 1.29 is 9.53 Å². The minimum Gasteiger partial charge on any atom is -0.380 e. The van der Waals surface area contributed by atoms with Gasteiger partial charge in [0.05, 0.1) is 6.61 Å². The predicted molar refractivity (Wildman–Crippen MR) is 61.4 cm³/mol. The molecule has 2 fully saturated rings. The maximum absolute atomic E-state index is 11.2. The fraction of sp³-hybridized carbons (Fsp3) is 0.909. The van der Waals surface area contributed by atoms with E-state index in [0.29, 0.717) is 6.61 Å². The quantitative estimate of drug-likeness (QED) is 0.629. The number of carbonyl (C=O) groups is 1. The van der Waals surface area contributed by atoms with Crippen molar-refractivity contribution in [3.8, 4) is 0 Å². The molecule has 0 aromatic rings. The van der Waals surface area contributed by atoms with Crippen LogP contribution in [0.1, 0.15) is 12.8 Å². The molecule has 1 atom stereocenters. The Morgan fingerprint density at radius 1 is 1.38 bits per heavy atom. The Morgan fingerprint density at radius 2 is 2.31 bits per heavy atom. The van der Waals surface area contributed by atoms with Gasteiger partial charge in [0.15, 0.2) is 0 Å². The Labute approximate surface area is 96.5 Å². The van der Waals surface area contributed by atoms with Crippen LogP contribution in [0.2, 0.25) is 0 Å². The summed E-state index contributed by atoms with van der Waals surface area (Å²) >= 11 is 0. The zero-order valence-corrected chi connectivity index (χ0v) is 9.71. The van der Waals surface area contributed by atoms with E-state index in [4.69, 9.17) is 4.74 Å². The number of amides is 2. The number of hydrogen-bond donors (Lipinski definition) is 2.